The summed E-state index contributed by atoms with van der Waals surface area (Å²) in [4.78, 5) is 2.64. The van der Waals surface area contributed by atoms with Crippen molar-refractivity contribution >= 4 is 0 Å². The van der Waals surface area contributed by atoms with Crippen molar-refractivity contribution in [3.8, 4) is 0 Å². The van der Waals surface area contributed by atoms with Gasteiger partial charge < -0.3 is 10.2 Å². The quantitative estimate of drug-likeness (QED) is 0.741. The Balaban J connectivity index is 1.74. The van der Waals surface area contributed by atoms with Crippen molar-refractivity contribution < 1.29 is 0 Å². The Morgan fingerprint density at radius 2 is 1.93 bits per heavy atom. The molecule has 14 heavy (non-hydrogen) atoms. The van der Waals surface area contributed by atoms with E-state index in [1.165, 1.54) is 51.7 Å². The molecule has 0 radical (unpaired) electrons. The van der Waals surface area contributed by atoms with E-state index < -0.39 is 0 Å². The Kier molecular flexibility index (Phi) is 3.13. The summed E-state index contributed by atoms with van der Waals surface area (Å²) in [5.41, 5.74) is 0.748. The smallest absolute Gasteiger partial charge is 0.00746 e. The van der Waals surface area contributed by atoms with Gasteiger partial charge in [0, 0.05) is 6.04 Å². The van der Waals surface area contributed by atoms with Crippen molar-refractivity contribution in [2.45, 2.75) is 45.1 Å². The van der Waals surface area contributed by atoms with Gasteiger partial charge in [0.05, 0.1) is 0 Å². The molecule has 2 fully saturated rings. The molecule has 0 atom stereocenters. The number of piperidine rings is 1. The third-order valence-electron chi connectivity index (χ3n) is 4.22. The molecular weight excluding hydrogens is 172 g/mol. The van der Waals surface area contributed by atoms with Crippen molar-refractivity contribution in [2.75, 3.05) is 26.7 Å². The standard InChI is InChI=1S/C12H24N2/c1-3-6-14-7-4-12(5-8-14)9-11(10-12)13-2/h11,13H,3-10H2,1-2H3. The molecule has 1 heterocycles. The van der Waals surface area contributed by atoms with Crippen LogP contribution in [0.5, 0.6) is 0 Å². The van der Waals surface area contributed by atoms with Crippen LogP contribution >= 0.6 is 0 Å². The monoisotopic (exact) mass is 196 g/mol. The van der Waals surface area contributed by atoms with Crippen molar-refractivity contribution in [1.29, 1.82) is 0 Å². The van der Waals surface area contributed by atoms with E-state index in [4.69, 9.17) is 0 Å². The topological polar surface area (TPSA) is 15.3 Å². The highest BCUT2D eigenvalue weighted by molar-refractivity contribution is 4.99. The van der Waals surface area contributed by atoms with E-state index in [9.17, 15) is 0 Å². The number of hydrogen-bond donors (Lipinski definition) is 1. The molecule has 0 amide bonds. The van der Waals surface area contributed by atoms with Crippen LogP contribution in [0.1, 0.15) is 39.0 Å². The lowest BCUT2D eigenvalue weighted by Gasteiger charge is -2.52. The fourth-order valence-corrected chi connectivity index (χ4v) is 3.17. The predicted octanol–water partition coefficient (Wildman–Crippen LogP) is 1.86. The van der Waals surface area contributed by atoms with E-state index in [0.717, 1.165) is 11.5 Å². The normalized spacial score (nSPS) is 27.9. The van der Waals surface area contributed by atoms with Gasteiger partial charge >= 0.3 is 0 Å². The first-order valence-corrected chi connectivity index (χ1v) is 6.18. The zero-order valence-corrected chi connectivity index (χ0v) is 9.68. The van der Waals surface area contributed by atoms with Crippen LogP contribution in [0.3, 0.4) is 0 Å². The number of nitrogens with zero attached hydrogens (tertiary/aromatic N) is 1. The largest absolute Gasteiger partial charge is 0.317 e. The van der Waals surface area contributed by atoms with Crippen molar-refractivity contribution in [3.05, 3.63) is 0 Å². The molecule has 1 N–H and O–H groups in total. The third kappa shape index (κ3) is 1.96. The summed E-state index contributed by atoms with van der Waals surface area (Å²) in [7, 11) is 2.10. The van der Waals surface area contributed by atoms with Gasteiger partial charge in [0.15, 0.2) is 0 Å². The van der Waals surface area contributed by atoms with Crippen LogP contribution in [0.15, 0.2) is 0 Å². The summed E-state index contributed by atoms with van der Waals surface area (Å²) in [6, 6.07) is 0.827. The second-order valence-electron chi connectivity index (χ2n) is 5.24. The molecule has 82 valence electrons. The lowest BCUT2D eigenvalue weighted by molar-refractivity contribution is 0.00864. The van der Waals surface area contributed by atoms with E-state index in [1.54, 1.807) is 0 Å². The molecule has 0 aromatic heterocycles. The molecule has 1 aliphatic carbocycles. The number of rotatable bonds is 3. The highest BCUT2D eigenvalue weighted by Gasteiger charge is 2.44. The lowest BCUT2D eigenvalue weighted by atomic mass is 9.60. The molecular formula is C12H24N2. The summed E-state index contributed by atoms with van der Waals surface area (Å²) < 4.78 is 0. The zero-order chi connectivity index (χ0) is 10.0. The van der Waals surface area contributed by atoms with Gasteiger partial charge in [-0.15, -0.1) is 0 Å². The van der Waals surface area contributed by atoms with Crippen LogP contribution in [0.4, 0.5) is 0 Å². The number of nitrogens with one attached hydrogen (secondary N) is 1. The Bertz CT molecular complexity index is 175. The second kappa shape index (κ2) is 4.19. The van der Waals surface area contributed by atoms with E-state index in [0.29, 0.717) is 0 Å². The van der Waals surface area contributed by atoms with Crippen LogP contribution < -0.4 is 5.32 Å². The van der Waals surface area contributed by atoms with Crippen LogP contribution in [-0.2, 0) is 0 Å². The Hall–Kier alpha value is -0.0800. The predicted molar refractivity (Wildman–Crippen MR) is 60.5 cm³/mol. The van der Waals surface area contributed by atoms with Gasteiger partial charge in [-0.25, -0.2) is 0 Å². The summed E-state index contributed by atoms with van der Waals surface area (Å²) >= 11 is 0. The maximum atomic E-state index is 3.40. The molecule has 0 bridgehead atoms. The van der Waals surface area contributed by atoms with Crippen molar-refractivity contribution in [1.82, 2.24) is 10.2 Å². The first-order chi connectivity index (χ1) is 6.78. The van der Waals surface area contributed by atoms with Crippen molar-refractivity contribution in [3.63, 3.8) is 0 Å². The maximum absolute atomic E-state index is 3.40. The number of likely N-dealkylation sites (tertiary alicyclic amines) is 1. The van der Waals surface area contributed by atoms with E-state index >= 15 is 0 Å². The minimum atomic E-state index is 0.748. The molecule has 2 nitrogen and oxygen atoms in total. The van der Waals surface area contributed by atoms with Gasteiger partial charge in [-0.05, 0) is 64.2 Å². The average Bonchev–Trinajstić information content (AvgIpc) is 2.16. The second-order valence-corrected chi connectivity index (χ2v) is 5.24. The van der Waals surface area contributed by atoms with Gasteiger partial charge in [-0.3, -0.25) is 0 Å². The molecule has 1 aliphatic heterocycles. The summed E-state index contributed by atoms with van der Waals surface area (Å²) in [6.07, 6.45) is 7.08. The van der Waals surface area contributed by atoms with Gasteiger partial charge in [0.2, 0.25) is 0 Å². The zero-order valence-electron chi connectivity index (χ0n) is 9.68. The Morgan fingerprint density at radius 1 is 1.29 bits per heavy atom. The molecule has 0 aromatic carbocycles. The van der Waals surface area contributed by atoms with Crippen LogP contribution in [-0.4, -0.2) is 37.6 Å². The molecule has 1 saturated heterocycles. The average molecular weight is 196 g/mol. The SMILES string of the molecule is CCCN1CCC2(CC1)CC(NC)C2. The molecule has 2 rings (SSSR count). The van der Waals surface area contributed by atoms with Gasteiger partial charge in [0.1, 0.15) is 0 Å². The number of hydrogen-bond acceptors (Lipinski definition) is 2. The van der Waals surface area contributed by atoms with Crippen LogP contribution in [0, 0.1) is 5.41 Å². The van der Waals surface area contributed by atoms with E-state index in [2.05, 4.69) is 24.2 Å². The summed E-state index contributed by atoms with van der Waals surface area (Å²) in [6.45, 7) is 6.30. The highest BCUT2D eigenvalue weighted by atomic mass is 15.1. The fourth-order valence-electron chi connectivity index (χ4n) is 3.17. The third-order valence-corrected chi connectivity index (χ3v) is 4.22. The van der Waals surface area contributed by atoms with E-state index in [-0.39, 0.29) is 0 Å². The van der Waals surface area contributed by atoms with Crippen LogP contribution in [0.25, 0.3) is 0 Å². The maximum Gasteiger partial charge on any atom is 0.00746 e. The van der Waals surface area contributed by atoms with Gasteiger partial charge in [-0.1, -0.05) is 6.92 Å². The molecule has 1 saturated carbocycles. The summed E-state index contributed by atoms with van der Waals surface area (Å²) in [5, 5.41) is 3.40. The molecule has 2 aliphatic rings. The fraction of sp³-hybridized carbons (Fsp3) is 1.00. The van der Waals surface area contributed by atoms with Crippen LogP contribution in [0.2, 0.25) is 0 Å². The van der Waals surface area contributed by atoms with E-state index in [1.807, 2.05) is 0 Å². The molecule has 0 aromatic rings. The highest BCUT2D eigenvalue weighted by Crippen LogP contribution is 2.48. The lowest BCUT2D eigenvalue weighted by Crippen LogP contribution is -2.53. The first kappa shape index (κ1) is 10.4. The summed E-state index contributed by atoms with van der Waals surface area (Å²) in [5.74, 6) is 0. The first-order valence-electron chi connectivity index (χ1n) is 6.18. The molecule has 2 heteroatoms. The molecule has 0 unspecified atom stereocenters. The Labute approximate surface area is 88.1 Å². The Morgan fingerprint density at radius 3 is 2.43 bits per heavy atom. The van der Waals surface area contributed by atoms with Crippen molar-refractivity contribution in [2.24, 2.45) is 5.41 Å². The van der Waals surface area contributed by atoms with Gasteiger partial charge in [0.25, 0.3) is 0 Å². The minimum absolute atomic E-state index is 0.748. The van der Waals surface area contributed by atoms with Gasteiger partial charge in [-0.2, -0.15) is 0 Å². The molecule has 1 spiro atoms. The minimum Gasteiger partial charge on any atom is -0.317 e.